The summed E-state index contributed by atoms with van der Waals surface area (Å²) in [7, 11) is 0.354. The molecule has 1 N–H and O–H groups in total. The highest BCUT2D eigenvalue weighted by molar-refractivity contribution is 6.94. The van der Waals surface area contributed by atoms with Crippen molar-refractivity contribution in [3.63, 3.8) is 0 Å². The van der Waals surface area contributed by atoms with Gasteiger partial charge >= 0.3 is 0 Å². The molecule has 0 heterocycles. The lowest BCUT2D eigenvalue weighted by Gasteiger charge is -2.33. The maximum atomic E-state index is 4.05. The Labute approximate surface area is 94.3 Å². The van der Waals surface area contributed by atoms with Gasteiger partial charge in [-0.1, -0.05) is 56.3 Å². The third-order valence-corrected chi connectivity index (χ3v) is 8.10. The molecule has 82 valence electrons. The molecule has 15 heavy (non-hydrogen) atoms. The molecule has 2 atom stereocenters. The predicted molar refractivity (Wildman–Crippen MR) is 70.8 cm³/mol. The van der Waals surface area contributed by atoms with E-state index in [4.69, 9.17) is 0 Å². The molecule has 1 rings (SSSR count). The highest BCUT2D eigenvalue weighted by atomic mass is 28.3. The van der Waals surface area contributed by atoms with Gasteiger partial charge < -0.3 is 4.98 Å². The summed E-state index contributed by atoms with van der Waals surface area (Å²) in [6.07, 6.45) is 1.19. The average molecular weight is 219 g/mol. The summed E-state index contributed by atoms with van der Waals surface area (Å²) in [6.45, 7) is 8.61. The van der Waals surface area contributed by atoms with Crippen molar-refractivity contribution in [2.45, 2.75) is 25.8 Å². The van der Waals surface area contributed by atoms with Crippen LogP contribution in [0.5, 0.6) is 0 Å². The van der Waals surface area contributed by atoms with E-state index in [1.165, 1.54) is 11.6 Å². The molecule has 0 spiro atoms. The Morgan fingerprint density at radius 3 is 2.40 bits per heavy atom. The van der Waals surface area contributed by atoms with Crippen LogP contribution in [0.3, 0.4) is 0 Å². The van der Waals surface area contributed by atoms with Crippen LogP contribution in [0, 0.1) is 0 Å². The van der Waals surface area contributed by atoms with Crippen LogP contribution >= 0.6 is 0 Å². The summed E-state index contributed by atoms with van der Waals surface area (Å²) >= 11 is 0. The molecule has 0 amide bonds. The van der Waals surface area contributed by atoms with Crippen molar-refractivity contribution in [1.82, 2.24) is 4.98 Å². The second-order valence-electron chi connectivity index (χ2n) is 4.00. The monoisotopic (exact) mass is 219 g/mol. The fourth-order valence-electron chi connectivity index (χ4n) is 2.13. The molecular weight excluding hydrogens is 198 g/mol. The van der Waals surface area contributed by atoms with Gasteiger partial charge in [-0.15, -0.1) is 6.58 Å². The van der Waals surface area contributed by atoms with Crippen LogP contribution in [0.15, 0.2) is 42.6 Å². The molecule has 0 saturated heterocycles. The minimum Gasteiger partial charge on any atom is -0.333 e. The first-order valence-electron chi connectivity index (χ1n) is 5.59. The van der Waals surface area contributed by atoms with Crippen molar-refractivity contribution in [2.75, 3.05) is 7.05 Å². The van der Waals surface area contributed by atoms with Crippen molar-refractivity contribution in [3.05, 3.63) is 42.6 Å². The van der Waals surface area contributed by atoms with Crippen molar-refractivity contribution < 1.29 is 0 Å². The van der Waals surface area contributed by atoms with E-state index in [2.05, 4.69) is 68.5 Å². The Balaban J connectivity index is 3.17. The van der Waals surface area contributed by atoms with Crippen molar-refractivity contribution >= 4 is 13.4 Å². The number of hydrogen-bond acceptors (Lipinski definition) is 1. The summed E-state index contributed by atoms with van der Waals surface area (Å²) in [4.78, 5) is 3.55. The lowest BCUT2D eigenvalue weighted by atomic mass is 10.4. The second kappa shape index (κ2) is 5.28. The van der Waals surface area contributed by atoms with Crippen LogP contribution in [-0.4, -0.2) is 15.3 Å². The maximum Gasteiger partial charge on any atom is 0.184 e. The van der Waals surface area contributed by atoms with Gasteiger partial charge in [-0.3, -0.25) is 0 Å². The van der Waals surface area contributed by atoms with E-state index in [1.807, 2.05) is 0 Å². The smallest absolute Gasteiger partial charge is 0.184 e. The highest BCUT2D eigenvalue weighted by Crippen LogP contribution is 2.22. The zero-order valence-electron chi connectivity index (χ0n) is 9.96. The zero-order valence-corrected chi connectivity index (χ0v) is 11.0. The molecule has 1 nitrogen and oxygen atoms in total. The first kappa shape index (κ1) is 12.2. The summed E-state index contributed by atoms with van der Waals surface area (Å²) in [5, 5.41) is 1.43. The van der Waals surface area contributed by atoms with Gasteiger partial charge in [0.05, 0.1) is 0 Å². The van der Waals surface area contributed by atoms with E-state index in [-0.39, 0.29) is 0 Å². The molecule has 1 aromatic carbocycles. The standard InChI is InChI=1S/C13H21NSi/c1-5-12(3)15(6-2,14-4)13-10-8-7-9-11-13/h6-12,14H,2,5H2,1,3-4H3. The van der Waals surface area contributed by atoms with Gasteiger partial charge in [0.1, 0.15) is 0 Å². The van der Waals surface area contributed by atoms with Gasteiger partial charge in [0.2, 0.25) is 0 Å². The molecule has 2 unspecified atom stereocenters. The molecule has 0 aliphatic carbocycles. The van der Waals surface area contributed by atoms with Gasteiger partial charge in [0.15, 0.2) is 8.24 Å². The van der Waals surface area contributed by atoms with Gasteiger partial charge in [-0.2, -0.15) is 0 Å². The molecule has 0 aliphatic rings. The summed E-state index contributed by atoms with van der Waals surface area (Å²) < 4.78 is 0. The highest BCUT2D eigenvalue weighted by Gasteiger charge is 2.35. The van der Waals surface area contributed by atoms with Crippen LogP contribution in [0.2, 0.25) is 5.54 Å². The summed E-state index contributed by atoms with van der Waals surface area (Å²) in [5.41, 5.74) is 2.83. The molecule has 0 radical (unpaired) electrons. The Kier molecular flexibility index (Phi) is 4.30. The first-order chi connectivity index (χ1) is 7.21. The Bertz CT molecular complexity index is 310. The van der Waals surface area contributed by atoms with Gasteiger partial charge in [-0.25, -0.2) is 0 Å². The zero-order chi connectivity index (χ0) is 11.3. The summed E-state index contributed by atoms with van der Waals surface area (Å²) in [5.74, 6) is 0. The Morgan fingerprint density at radius 2 is 2.00 bits per heavy atom. The van der Waals surface area contributed by atoms with E-state index in [9.17, 15) is 0 Å². The maximum absolute atomic E-state index is 4.05. The van der Waals surface area contributed by atoms with E-state index in [1.54, 1.807) is 0 Å². The Morgan fingerprint density at radius 1 is 1.40 bits per heavy atom. The van der Waals surface area contributed by atoms with Gasteiger partial charge in [0, 0.05) is 0 Å². The number of rotatable bonds is 5. The Hall–Kier alpha value is -0.863. The fourth-order valence-corrected chi connectivity index (χ4v) is 5.71. The third kappa shape index (κ3) is 2.21. The SMILES string of the molecule is C=C[Si](NC)(c1ccccc1)C(C)CC. The van der Waals surface area contributed by atoms with Gasteiger partial charge in [0.25, 0.3) is 0 Å². The minimum atomic E-state index is -1.71. The quantitative estimate of drug-likeness (QED) is 0.751. The summed E-state index contributed by atoms with van der Waals surface area (Å²) in [6, 6.07) is 10.7. The van der Waals surface area contributed by atoms with E-state index in [0.717, 1.165) is 0 Å². The normalized spacial score (nSPS) is 16.7. The van der Waals surface area contributed by atoms with Crippen molar-refractivity contribution in [2.24, 2.45) is 0 Å². The molecule has 2 heteroatoms. The van der Waals surface area contributed by atoms with E-state index >= 15 is 0 Å². The number of benzene rings is 1. The predicted octanol–water partition coefficient (Wildman–Crippen LogP) is 2.58. The molecule has 0 aliphatic heterocycles. The topological polar surface area (TPSA) is 12.0 Å². The molecule has 0 bridgehead atoms. The van der Waals surface area contributed by atoms with Crippen LogP contribution in [-0.2, 0) is 0 Å². The number of nitrogens with one attached hydrogen (secondary N) is 1. The van der Waals surface area contributed by atoms with E-state index < -0.39 is 8.24 Å². The lowest BCUT2D eigenvalue weighted by Crippen LogP contribution is -2.60. The van der Waals surface area contributed by atoms with Crippen LogP contribution in [0.1, 0.15) is 20.3 Å². The van der Waals surface area contributed by atoms with Crippen molar-refractivity contribution in [1.29, 1.82) is 0 Å². The van der Waals surface area contributed by atoms with Crippen molar-refractivity contribution in [3.8, 4) is 0 Å². The second-order valence-corrected chi connectivity index (χ2v) is 8.21. The fraction of sp³-hybridized carbons (Fsp3) is 0.385. The van der Waals surface area contributed by atoms with Crippen LogP contribution in [0.4, 0.5) is 0 Å². The largest absolute Gasteiger partial charge is 0.333 e. The molecular formula is C13H21NSi. The van der Waals surface area contributed by atoms with Crippen LogP contribution < -0.4 is 10.2 Å². The minimum absolute atomic E-state index is 0.669. The van der Waals surface area contributed by atoms with E-state index in [0.29, 0.717) is 5.54 Å². The van der Waals surface area contributed by atoms with Gasteiger partial charge in [-0.05, 0) is 17.8 Å². The third-order valence-electron chi connectivity index (χ3n) is 3.38. The molecule has 1 aromatic rings. The molecule has 0 aromatic heterocycles. The molecule has 0 saturated carbocycles. The molecule has 0 fully saturated rings. The first-order valence-corrected chi connectivity index (χ1v) is 7.74. The van der Waals surface area contributed by atoms with Crippen LogP contribution in [0.25, 0.3) is 0 Å². The number of hydrogen-bond donors (Lipinski definition) is 1. The average Bonchev–Trinajstić information content (AvgIpc) is 2.32. The lowest BCUT2D eigenvalue weighted by molar-refractivity contribution is 0.829.